The molecule has 0 amide bonds. The van der Waals surface area contributed by atoms with Crippen LogP contribution in [0.25, 0.3) is 10.9 Å². The predicted molar refractivity (Wildman–Crippen MR) is 120 cm³/mol. The summed E-state index contributed by atoms with van der Waals surface area (Å²) < 4.78 is 0. The molecule has 2 aromatic heterocycles. The number of fused-ring (bicyclic) bond motifs is 1. The second kappa shape index (κ2) is 7.85. The number of benzene rings is 1. The molecule has 3 aromatic rings. The van der Waals surface area contributed by atoms with Crippen LogP contribution in [0.5, 0.6) is 0 Å². The van der Waals surface area contributed by atoms with E-state index in [1.54, 1.807) is 0 Å². The Balaban J connectivity index is 1.64. The molecule has 0 bridgehead atoms. The van der Waals surface area contributed by atoms with E-state index in [4.69, 9.17) is 4.98 Å². The van der Waals surface area contributed by atoms with Gasteiger partial charge < -0.3 is 5.32 Å². The van der Waals surface area contributed by atoms with Crippen LogP contribution in [0, 0.1) is 0 Å². The van der Waals surface area contributed by atoms with Crippen LogP contribution in [0.2, 0.25) is 0 Å². The first-order valence-corrected chi connectivity index (χ1v) is 10.6. The van der Waals surface area contributed by atoms with Gasteiger partial charge in [0.1, 0.15) is 0 Å². The van der Waals surface area contributed by atoms with Crippen LogP contribution in [0.1, 0.15) is 51.9 Å². The van der Waals surface area contributed by atoms with Crippen LogP contribution < -0.4 is 5.32 Å². The van der Waals surface area contributed by atoms with E-state index in [-0.39, 0.29) is 11.1 Å². The fraction of sp³-hybridized carbons (Fsp3) is 0.440. The van der Waals surface area contributed by atoms with Gasteiger partial charge in [-0.25, -0.2) is 0 Å². The van der Waals surface area contributed by atoms with Gasteiger partial charge >= 0.3 is 0 Å². The third kappa shape index (κ3) is 5.01. The van der Waals surface area contributed by atoms with Crippen molar-refractivity contribution in [1.29, 1.82) is 0 Å². The molecule has 0 spiro atoms. The summed E-state index contributed by atoms with van der Waals surface area (Å²) in [5.41, 5.74) is 3.50. The number of piperidine rings is 1. The fourth-order valence-corrected chi connectivity index (χ4v) is 4.94. The Hall–Kier alpha value is -2.30. The molecule has 1 N–H and O–H groups in total. The maximum absolute atomic E-state index is 4.95. The molecule has 4 heteroatoms. The SMILES string of the molecule is CC1(C)CC(N(Cc2ccccn2)Cc2ccc3ccccc3n2)CC(C)(C)N1. The molecule has 4 rings (SSSR count). The van der Waals surface area contributed by atoms with E-state index in [0.29, 0.717) is 6.04 Å². The third-order valence-electron chi connectivity index (χ3n) is 5.80. The highest BCUT2D eigenvalue weighted by molar-refractivity contribution is 5.78. The average Bonchev–Trinajstić information content (AvgIpc) is 2.66. The van der Waals surface area contributed by atoms with Crippen LogP contribution in [-0.4, -0.2) is 32.0 Å². The van der Waals surface area contributed by atoms with Crippen LogP contribution in [-0.2, 0) is 13.1 Å². The number of nitrogens with zero attached hydrogens (tertiary/aromatic N) is 3. The van der Waals surface area contributed by atoms with E-state index >= 15 is 0 Å². The van der Waals surface area contributed by atoms with E-state index in [2.05, 4.69) is 91.4 Å². The summed E-state index contributed by atoms with van der Waals surface area (Å²) in [6.45, 7) is 10.9. The lowest BCUT2D eigenvalue weighted by atomic mass is 9.79. The third-order valence-corrected chi connectivity index (χ3v) is 5.80. The Morgan fingerprint density at radius 3 is 2.28 bits per heavy atom. The molecule has 0 saturated carbocycles. The lowest BCUT2D eigenvalue weighted by Crippen LogP contribution is -2.62. The lowest BCUT2D eigenvalue weighted by molar-refractivity contribution is 0.0549. The van der Waals surface area contributed by atoms with Crippen LogP contribution in [0.3, 0.4) is 0 Å². The van der Waals surface area contributed by atoms with Gasteiger partial charge in [0.05, 0.1) is 16.9 Å². The van der Waals surface area contributed by atoms with E-state index < -0.39 is 0 Å². The molecule has 3 heterocycles. The number of rotatable bonds is 5. The Labute approximate surface area is 174 Å². The highest BCUT2D eigenvalue weighted by atomic mass is 15.2. The summed E-state index contributed by atoms with van der Waals surface area (Å²) in [6.07, 6.45) is 4.10. The minimum Gasteiger partial charge on any atom is -0.307 e. The largest absolute Gasteiger partial charge is 0.307 e. The second-order valence-corrected chi connectivity index (χ2v) is 9.68. The van der Waals surface area contributed by atoms with E-state index in [1.807, 2.05) is 12.3 Å². The van der Waals surface area contributed by atoms with Crippen molar-refractivity contribution in [3.8, 4) is 0 Å². The molecule has 1 aliphatic heterocycles. The van der Waals surface area contributed by atoms with Crippen molar-refractivity contribution >= 4 is 10.9 Å². The lowest BCUT2D eigenvalue weighted by Gasteiger charge is -2.49. The topological polar surface area (TPSA) is 41.1 Å². The number of aromatic nitrogens is 2. The van der Waals surface area contributed by atoms with E-state index in [0.717, 1.165) is 42.8 Å². The van der Waals surface area contributed by atoms with Gasteiger partial charge in [0.15, 0.2) is 0 Å². The highest BCUT2D eigenvalue weighted by Crippen LogP contribution is 2.33. The van der Waals surface area contributed by atoms with Crippen LogP contribution in [0.4, 0.5) is 0 Å². The summed E-state index contributed by atoms with van der Waals surface area (Å²) in [4.78, 5) is 12.1. The normalized spacial score (nSPS) is 18.9. The molecule has 29 heavy (non-hydrogen) atoms. The minimum absolute atomic E-state index is 0.103. The van der Waals surface area contributed by atoms with Crippen molar-refractivity contribution in [2.75, 3.05) is 0 Å². The molecule has 0 aliphatic carbocycles. The Bertz CT molecular complexity index is 949. The molecule has 0 atom stereocenters. The van der Waals surface area contributed by atoms with Crippen molar-refractivity contribution in [3.63, 3.8) is 0 Å². The molecule has 0 unspecified atom stereocenters. The molecular formula is C25H32N4. The zero-order chi connectivity index (χ0) is 20.5. The van der Waals surface area contributed by atoms with Gasteiger partial charge in [-0.2, -0.15) is 0 Å². The van der Waals surface area contributed by atoms with Crippen molar-refractivity contribution in [2.45, 2.75) is 70.7 Å². The number of hydrogen-bond donors (Lipinski definition) is 1. The molecule has 1 aromatic carbocycles. The maximum Gasteiger partial charge on any atom is 0.0705 e. The van der Waals surface area contributed by atoms with Crippen molar-refractivity contribution in [2.24, 2.45) is 0 Å². The monoisotopic (exact) mass is 388 g/mol. The van der Waals surface area contributed by atoms with Crippen LogP contribution in [0.15, 0.2) is 60.8 Å². The Kier molecular flexibility index (Phi) is 5.41. The smallest absolute Gasteiger partial charge is 0.0705 e. The van der Waals surface area contributed by atoms with Gasteiger partial charge in [0.2, 0.25) is 0 Å². The number of hydrogen-bond acceptors (Lipinski definition) is 4. The fourth-order valence-electron chi connectivity index (χ4n) is 4.94. The second-order valence-electron chi connectivity index (χ2n) is 9.68. The molecule has 1 aliphatic rings. The number of nitrogens with one attached hydrogen (secondary N) is 1. The first-order valence-electron chi connectivity index (χ1n) is 10.6. The van der Waals surface area contributed by atoms with Gasteiger partial charge in [0.25, 0.3) is 0 Å². The first-order chi connectivity index (χ1) is 13.8. The van der Waals surface area contributed by atoms with Crippen LogP contribution >= 0.6 is 0 Å². The van der Waals surface area contributed by atoms with Gasteiger partial charge in [0, 0.05) is 41.8 Å². The van der Waals surface area contributed by atoms with Gasteiger partial charge in [-0.15, -0.1) is 0 Å². The molecule has 1 fully saturated rings. The Morgan fingerprint density at radius 1 is 0.862 bits per heavy atom. The van der Waals surface area contributed by atoms with E-state index in [9.17, 15) is 0 Å². The van der Waals surface area contributed by atoms with Crippen molar-refractivity contribution in [3.05, 3.63) is 72.2 Å². The summed E-state index contributed by atoms with van der Waals surface area (Å²) >= 11 is 0. The molecule has 152 valence electrons. The van der Waals surface area contributed by atoms with E-state index in [1.165, 1.54) is 5.39 Å². The predicted octanol–water partition coefficient (Wildman–Crippen LogP) is 4.94. The quantitative estimate of drug-likeness (QED) is 0.672. The van der Waals surface area contributed by atoms with Gasteiger partial charge in [-0.05, 0) is 64.8 Å². The average molecular weight is 389 g/mol. The Morgan fingerprint density at radius 2 is 1.55 bits per heavy atom. The van der Waals surface area contributed by atoms with Gasteiger partial charge in [-0.1, -0.05) is 30.3 Å². The zero-order valence-corrected chi connectivity index (χ0v) is 18.0. The molecule has 0 radical (unpaired) electrons. The number of pyridine rings is 2. The van der Waals surface area contributed by atoms with Gasteiger partial charge in [-0.3, -0.25) is 14.9 Å². The summed E-state index contributed by atoms with van der Waals surface area (Å²) in [6, 6.07) is 19.3. The molecular weight excluding hydrogens is 356 g/mol. The van der Waals surface area contributed by atoms with Crippen molar-refractivity contribution < 1.29 is 0 Å². The standard InChI is InChI=1S/C25H32N4/c1-24(2)15-22(16-25(3,4)28-24)29(17-20-10-7-8-14-26-20)18-21-13-12-19-9-5-6-11-23(19)27-21/h5-14,22,28H,15-18H2,1-4H3. The minimum atomic E-state index is 0.103. The maximum atomic E-state index is 4.95. The van der Waals surface area contributed by atoms with Crippen molar-refractivity contribution in [1.82, 2.24) is 20.2 Å². The zero-order valence-electron chi connectivity index (χ0n) is 18.0. The summed E-state index contributed by atoms with van der Waals surface area (Å²) in [5.74, 6) is 0. The molecule has 4 nitrogen and oxygen atoms in total. The summed E-state index contributed by atoms with van der Waals surface area (Å²) in [7, 11) is 0. The number of para-hydroxylation sites is 1. The molecule has 1 saturated heterocycles. The summed E-state index contributed by atoms with van der Waals surface area (Å²) in [5, 5.41) is 5.00. The first kappa shape index (κ1) is 20.0. The highest BCUT2D eigenvalue weighted by Gasteiger charge is 2.40.